The maximum absolute atomic E-state index is 11.4. The van der Waals surface area contributed by atoms with E-state index in [1.54, 1.807) is 25.3 Å². The average Bonchev–Trinajstić information content (AvgIpc) is 2.30. The molecule has 0 saturated heterocycles. The molecule has 0 spiro atoms. The number of nitrogens with one attached hydrogen (secondary N) is 1. The summed E-state index contributed by atoms with van der Waals surface area (Å²) in [4.78, 5) is 11.4. The van der Waals surface area contributed by atoms with E-state index in [0.717, 1.165) is 0 Å². The molecule has 1 aromatic rings. The summed E-state index contributed by atoms with van der Waals surface area (Å²) in [6, 6.07) is 4.89. The van der Waals surface area contributed by atoms with Crippen LogP contribution >= 0.6 is 11.6 Å². The molecular weight excluding hydrogens is 244 g/mol. The van der Waals surface area contributed by atoms with E-state index < -0.39 is 0 Å². The largest absolute Gasteiger partial charge is 0.398 e. The molecule has 0 fully saturated rings. The molecule has 0 radical (unpaired) electrons. The molecule has 17 heavy (non-hydrogen) atoms. The zero-order chi connectivity index (χ0) is 12.7. The average molecular weight is 259 g/mol. The molecule has 3 N–H and O–H groups in total. The lowest BCUT2D eigenvalue weighted by molar-refractivity contribution is -0.121. The van der Waals surface area contributed by atoms with E-state index in [0.29, 0.717) is 29.6 Å². The van der Waals surface area contributed by atoms with Gasteiger partial charge in [-0.25, -0.2) is 0 Å². The second-order valence-corrected chi connectivity index (χ2v) is 3.74. The van der Waals surface area contributed by atoms with Gasteiger partial charge in [0.1, 0.15) is 6.61 Å². The molecule has 94 valence electrons. The van der Waals surface area contributed by atoms with Gasteiger partial charge in [0.2, 0.25) is 5.91 Å². The van der Waals surface area contributed by atoms with Crippen molar-refractivity contribution in [3.05, 3.63) is 23.2 Å². The Balaban J connectivity index is 2.37. The van der Waals surface area contributed by atoms with Crippen LogP contribution < -0.4 is 11.1 Å². The highest BCUT2D eigenvalue weighted by Crippen LogP contribution is 2.22. The number of rotatable bonds is 6. The monoisotopic (exact) mass is 258 g/mol. The number of carbonyl (C=O) groups is 1. The minimum Gasteiger partial charge on any atom is -0.398 e. The zero-order valence-electron chi connectivity index (χ0n) is 9.53. The van der Waals surface area contributed by atoms with Gasteiger partial charge >= 0.3 is 0 Å². The third-order valence-corrected chi connectivity index (χ3v) is 2.28. The highest BCUT2D eigenvalue weighted by molar-refractivity contribution is 6.33. The molecule has 0 bridgehead atoms. The van der Waals surface area contributed by atoms with Crippen LogP contribution in [0.2, 0.25) is 5.02 Å². The van der Waals surface area contributed by atoms with Crippen molar-refractivity contribution in [2.45, 2.75) is 0 Å². The Labute approximate surface area is 105 Å². The topological polar surface area (TPSA) is 73.6 Å². The van der Waals surface area contributed by atoms with Gasteiger partial charge in [-0.1, -0.05) is 11.6 Å². The summed E-state index contributed by atoms with van der Waals surface area (Å²) < 4.78 is 9.85. The Morgan fingerprint density at radius 1 is 1.47 bits per heavy atom. The van der Waals surface area contributed by atoms with Gasteiger partial charge in [0.15, 0.2) is 0 Å². The lowest BCUT2D eigenvalue weighted by Crippen LogP contribution is -2.19. The van der Waals surface area contributed by atoms with Crippen molar-refractivity contribution in [2.75, 3.05) is 38.0 Å². The smallest absolute Gasteiger partial charge is 0.250 e. The second kappa shape index (κ2) is 7.11. The third kappa shape index (κ3) is 5.04. The summed E-state index contributed by atoms with van der Waals surface area (Å²) in [5.41, 5.74) is 6.61. The molecule has 0 aromatic heterocycles. The van der Waals surface area contributed by atoms with Crippen LogP contribution in [0.3, 0.4) is 0 Å². The second-order valence-electron chi connectivity index (χ2n) is 3.33. The summed E-state index contributed by atoms with van der Waals surface area (Å²) >= 11 is 5.82. The number of amides is 1. The fourth-order valence-corrected chi connectivity index (χ4v) is 1.29. The Kier molecular flexibility index (Phi) is 5.76. The fourth-order valence-electron chi connectivity index (χ4n) is 1.11. The van der Waals surface area contributed by atoms with E-state index in [4.69, 9.17) is 26.8 Å². The molecule has 1 aromatic carbocycles. The first kappa shape index (κ1) is 13.8. The quantitative estimate of drug-likeness (QED) is 0.599. The molecule has 0 aliphatic carbocycles. The summed E-state index contributed by atoms with van der Waals surface area (Å²) in [5, 5.41) is 3.05. The van der Waals surface area contributed by atoms with Crippen LogP contribution in [0.15, 0.2) is 18.2 Å². The van der Waals surface area contributed by atoms with Crippen LogP contribution in [0.5, 0.6) is 0 Å². The van der Waals surface area contributed by atoms with Crippen LogP contribution in [-0.2, 0) is 14.3 Å². The molecule has 0 aliphatic heterocycles. The Morgan fingerprint density at radius 2 is 2.24 bits per heavy atom. The van der Waals surface area contributed by atoms with Gasteiger partial charge in [-0.05, 0) is 18.2 Å². The molecule has 0 aliphatic rings. The number of nitrogens with two attached hydrogens (primary N) is 1. The van der Waals surface area contributed by atoms with Crippen molar-refractivity contribution in [3.8, 4) is 0 Å². The summed E-state index contributed by atoms with van der Waals surface area (Å²) in [5.74, 6) is -0.248. The van der Waals surface area contributed by atoms with E-state index >= 15 is 0 Å². The van der Waals surface area contributed by atoms with Crippen molar-refractivity contribution < 1.29 is 14.3 Å². The lowest BCUT2D eigenvalue weighted by atomic mass is 10.3. The number of anilines is 2. The van der Waals surface area contributed by atoms with Crippen molar-refractivity contribution in [3.63, 3.8) is 0 Å². The number of nitrogen functional groups attached to an aromatic ring is 1. The number of hydrogen-bond acceptors (Lipinski definition) is 4. The van der Waals surface area contributed by atoms with Crippen LogP contribution in [-0.4, -0.2) is 32.8 Å². The summed E-state index contributed by atoms with van der Waals surface area (Å²) in [7, 11) is 1.57. The SMILES string of the molecule is COCCOCC(=O)Nc1ccc(N)c(Cl)c1. The van der Waals surface area contributed by atoms with Crippen LogP contribution in [0.4, 0.5) is 11.4 Å². The first-order valence-corrected chi connectivity index (χ1v) is 5.43. The van der Waals surface area contributed by atoms with Crippen LogP contribution in [0, 0.1) is 0 Å². The van der Waals surface area contributed by atoms with E-state index in [1.807, 2.05) is 0 Å². The van der Waals surface area contributed by atoms with Gasteiger partial charge in [0.05, 0.1) is 23.9 Å². The molecular formula is C11H15ClN2O3. The first-order chi connectivity index (χ1) is 8.13. The van der Waals surface area contributed by atoms with Gasteiger partial charge in [-0.2, -0.15) is 0 Å². The molecule has 0 saturated carbocycles. The fraction of sp³-hybridized carbons (Fsp3) is 0.364. The summed E-state index contributed by atoms with van der Waals surface area (Å²) in [6.45, 7) is 0.818. The molecule has 1 rings (SSSR count). The molecule has 1 amide bonds. The molecule has 5 nitrogen and oxygen atoms in total. The minimum absolute atomic E-state index is 0.0225. The maximum atomic E-state index is 11.4. The van der Waals surface area contributed by atoms with Crippen molar-refractivity contribution in [2.24, 2.45) is 0 Å². The highest BCUT2D eigenvalue weighted by atomic mass is 35.5. The van der Waals surface area contributed by atoms with Gasteiger partial charge < -0.3 is 20.5 Å². The van der Waals surface area contributed by atoms with E-state index in [9.17, 15) is 4.79 Å². The van der Waals surface area contributed by atoms with Crippen molar-refractivity contribution >= 4 is 28.9 Å². The normalized spacial score (nSPS) is 10.2. The Morgan fingerprint density at radius 3 is 2.88 bits per heavy atom. The number of hydrogen-bond donors (Lipinski definition) is 2. The standard InChI is InChI=1S/C11H15ClN2O3/c1-16-4-5-17-7-11(15)14-8-2-3-10(13)9(12)6-8/h2-3,6H,4-5,7,13H2,1H3,(H,14,15). The maximum Gasteiger partial charge on any atom is 0.250 e. The number of methoxy groups -OCH3 is 1. The molecule has 0 unspecified atom stereocenters. The lowest BCUT2D eigenvalue weighted by Gasteiger charge is -2.07. The molecule has 6 heteroatoms. The highest BCUT2D eigenvalue weighted by Gasteiger charge is 2.04. The number of halogens is 1. The third-order valence-electron chi connectivity index (χ3n) is 1.95. The van der Waals surface area contributed by atoms with Gasteiger partial charge in [-0.3, -0.25) is 4.79 Å². The molecule has 0 heterocycles. The predicted octanol–water partition coefficient (Wildman–Crippen LogP) is 1.52. The first-order valence-electron chi connectivity index (χ1n) is 5.05. The summed E-state index contributed by atoms with van der Waals surface area (Å²) in [6.07, 6.45) is 0. The van der Waals surface area contributed by atoms with Gasteiger partial charge in [0, 0.05) is 12.8 Å². The van der Waals surface area contributed by atoms with Gasteiger partial charge in [0.25, 0.3) is 0 Å². The van der Waals surface area contributed by atoms with Crippen LogP contribution in [0.1, 0.15) is 0 Å². The van der Waals surface area contributed by atoms with E-state index in [1.165, 1.54) is 0 Å². The van der Waals surface area contributed by atoms with Crippen LogP contribution in [0.25, 0.3) is 0 Å². The predicted molar refractivity (Wildman–Crippen MR) is 67.2 cm³/mol. The Bertz CT molecular complexity index is 385. The number of ether oxygens (including phenoxy) is 2. The van der Waals surface area contributed by atoms with E-state index in [2.05, 4.69) is 5.32 Å². The van der Waals surface area contributed by atoms with E-state index in [-0.39, 0.29) is 12.5 Å². The van der Waals surface area contributed by atoms with Crippen molar-refractivity contribution in [1.29, 1.82) is 0 Å². The van der Waals surface area contributed by atoms with Crippen molar-refractivity contribution in [1.82, 2.24) is 0 Å². The molecule has 0 atom stereocenters. The minimum atomic E-state index is -0.248. The zero-order valence-corrected chi connectivity index (χ0v) is 10.3. The Hall–Kier alpha value is -1.30. The number of benzene rings is 1. The number of carbonyl (C=O) groups excluding carboxylic acids is 1. The van der Waals surface area contributed by atoms with Gasteiger partial charge in [-0.15, -0.1) is 0 Å².